The number of amides is 5. The van der Waals surface area contributed by atoms with Crippen LogP contribution in [0, 0.1) is 6.92 Å². The fourth-order valence-electron chi connectivity index (χ4n) is 6.19. The number of aromatic nitrogens is 1. The Kier molecular flexibility index (Phi) is 14.0. The molecule has 3 atom stereocenters. The summed E-state index contributed by atoms with van der Waals surface area (Å²) >= 11 is 0. The first-order valence-electron chi connectivity index (χ1n) is 17.8. The summed E-state index contributed by atoms with van der Waals surface area (Å²) in [6, 6.07) is 5.20. The highest BCUT2D eigenvalue weighted by atomic mass is 16.6. The van der Waals surface area contributed by atoms with Gasteiger partial charge in [-0.15, -0.1) is 0 Å². The summed E-state index contributed by atoms with van der Waals surface area (Å²) < 4.78 is 16.4. The maximum atomic E-state index is 13.8. The zero-order valence-corrected chi connectivity index (χ0v) is 30.2. The van der Waals surface area contributed by atoms with E-state index in [-0.39, 0.29) is 75.5 Å². The molecular formula is C36H50N6O9. The highest BCUT2D eigenvalue weighted by Gasteiger charge is 2.37. The molecule has 2 aromatic rings. The van der Waals surface area contributed by atoms with Crippen molar-refractivity contribution < 1.29 is 43.0 Å². The summed E-state index contributed by atoms with van der Waals surface area (Å²) in [5.41, 5.74) is 1.27. The molecule has 0 bridgehead atoms. The van der Waals surface area contributed by atoms with Gasteiger partial charge in [0.2, 0.25) is 11.8 Å². The molecule has 15 heteroatoms. The molecule has 15 nitrogen and oxygen atoms in total. The van der Waals surface area contributed by atoms with E-state index in [4.69, 9.17) is 14.2 Å². The molecule has 278 valence electrons. The topological polar surface area (TPSA) is 177 Å². The highest BCUT2D eigenvalue weighted by molar-refractivity contribution is 6.00. The van der Waals surface area contributed by atoms with E-state index in [2.05, 4.69) is 15.6 Å². The lowest BCUT2D eigenvalue weighted by molar-refractivity contribution is -0.144. The lowest BCUT2D eigenvalue weighted by Crippen LogP contribution is -2.56. The van der Waals surface area contributed by atoms with Gasteiger partial charge >= 0.3 is 12.1 Å². The number of rotatable bonds is 14. The molecule has 4 rings (SSSR count). The second kappa shape index (κ2) is 18.3. The van der Waals surface area contributed by atoms with Gasteiger partial charge in [-0.1, -0.05) is 13.0 Å². The summed E-state index contributed by atoms with van der Waals surface area (Å²) in [6.07, 6.45) is 0.464. The maximum absolute atomic E-state index is 13.8. The van der Waals surface area contributed by atoms with E-state index in [1.54, 1.807) is 42.7 Å². The number of hydrogen-bond donors (Lipinski definition) is 2. The molecule has 0 saturated carbocycles. The third kappa shape index (κ3) is 10.1. The zero-order chi connectivity index (χ0) is 37.1. The minimum atomic E-state index is -1.10. The number of benzene rings is 1. The molecule has 0 unspecified atom stereocenters. The Morgan fingerprint density at radius 1 is 0.922 bits per heavy atom. The van der Waals surface area contributed by atoms with Crippen molar-refractivity contribution in [1.29, 1.82) is 0 Å². The van der Waals surface area contributed by atoms with Gasteiger partial charge in [-0.25, -0.2) is 9.78 Å². The van der Waals surface area contributed by atoms with E-state index < -0.39 is 42.1 Å². The second-order valence-corrected chi connectivity index (χ2v) is 12.6. The Hall–Kier alpha value is -4.95. The number of nitrogens with zero attached hydrogens (tertiary/aromatic N) is 4. The predicted molar refractivity (Wildman–Crippen MR) is 187 cm³/mol. The lowest BCUT2D eigenvalue weighted by Gasteiger charge is -2.36. The standard InChI is InChI=1S/C36H50N6O9/c1-6-15-37-33(45)29-10-9-16-42(29)34(46)24(5)51-30-22-28(38-27-21-23(4)11-12-25(27)30)32(44)39-26(13-14-31(43)49-7-2)35(47)40-17-19-41(20-18-40)36(48)50-8-3/h11-12,21-22,24,26,29H,6-10,13-20H2,1-5H3,(H,37,45)(H,39,44)/t24-,26+,29+/m1/s1. The molecule has 1 aromatic heterocycles. The molecule has 2 aliphatic rings. The second-order valence-electron chi connectivity index (χ2n) is 12.6. The minimum Gasteiger partial charge on any atom is -0.480 e. The van der Waals surface area contributed by atoms with Crippen LogP contribution < -0.4 is 15.4 Å². The molecule has 0 aliphatic carbocycles. The summed E-state index contributed by atoms with van der Waals surface area (Å²) in [4.78, 5) is 87.6. The quantitative estimate of drug-likeness (QED) is 0.277. The molecule has 5 amide bonds. The maximum Gasteiger partial charge on any atom is 0.409 e. The summed E-state index contributed by atoms with van der Waals surface area (Å²) in [6.45, 7) is 11.2. The Balaban J connectivity index is 1.55. The van der Waals surface area contributed by atoms with Crippen LogP contribution in [0.1, 0.15) is 75.9 Å². The van der Waals surface area contributed by atoms with Crippen LogP contribution in [0.2, 0.25) is 0 Å². The zero-order valence-electron chi connectivity index (χ0n) is 30.2. The van der Waals surface area contributed by atoms with Gasteiger partial charge in [-0.2, -0.15) is 0 Å². The van der Waals surface area contributed by atoms with Crippen molar-refractivity contribution in [1.82, 2.24) is 30.3 Å². The third-order valence-electron chi connectivity index (χ3n) is 8.86. The Morgan fingerprint density at radius 2 is 1.63 bits per heavy atom. The molecule has 51 heavy (non-hydrogen) atoms. The summed E-state index contributed by atoms with van der Waals surface area (Å²) in [5.74, 6) is -1.89. The number of carbonyl (C=O) groups is 6. The van der Waals surface area contributed by atoms with Gasteiger partial charge in [-0.05, 0) is 71.1 Å². The number of pyridine rings is 1. The number of likely N-dealkylation sites (tertiary alicyclic amines) is 1. The smallest absolute Gasteiger partial charge is 0.409 e. The van der Waals surface area contributed by atoms with Crippen molar-refractivity contribution in [2.75, 3.05) is 52.5 Å². The van der Waals surface area contributed by atoms with Crippen LogP contribution in [0.4, 0.5) is 4.79 Å². The fraction of sp³-hybridized carbons (Fsp3) is 0.583. The summed E-state index contributed by atoms with van der Waals surface area (Å²) in [5, 5.41) is 6.21. The Labute approximate surface area is 298 Å². The van der Waals surface area contributed by atoms with E-state index in [0.717, 1.165) is 12.0 Å². The van der Waals surface area contributed by atoms with Crippen LogP contribution in [0.15, 0.2) is 24.3 Å². The van der Waals surface area contributed by atoms with Crippen LogP contribution in [0.25, 0.3) is 10.9 Å². The normalized spacial score (nSPS) is 17.0. The number of aryl methyl sites for hydroxylation is 1. The van der Waals surface area contributed by atoms with E-state index in [1.165, 1.54) is 11.0 Å². The van der Waals surface area contributed by atoms with Crippen LogP contribution in [-0.2, 0) is 28.7 Å². The Bertz CT molecular complexity index is 1590. The number of hydrogen-bond acceptors (Lipinski definition) is 10. The number of nitrogens with one attached hydrogen (secondary N) is 2. The van der Waals surface area contributed by atoms with Crippen molar-refractivity contribution in [2.45, 2.75) is 84.9 Å². The molecular weight excluding hydrogens is 660 g/mol. The molecule has 0 spiro atoms. The van der Waals surface area contributed by atoms with Gasteiger partial charge in [0.25, 0.3) is 11.8 Å². The van der Waals surface area contributed by atoms with Crippen LogP contribution >= 0.6 is 0 Å². The van der Waals surface area contributed by atoms with Gasteiger partial charge < -0.3 is 39.5 Å². The molecule has 1 aromatic carbocycles. The number of fused-ring (bicyclic) bond motifs is 1. The molecule has 2 aliphatic heterocycles. The van der Waals surface area contributed by atoms with Gasteiger partial charge in [0.1, 0.15) is 23.5 Å². The van der Waals surface area contributed by atoms with Crippen LogP contribution in [0.5, 0.6) is 5.75 Å². The first-order valence-corrected chi connectivity index (χ1v) is 17.8. The lowest BCUT2D eigenvalue weighted by atomic mass is 10.1. The SMILES string of the molecule is CCCNC(=O)[C@@H]1CCCN1C(=O)[C@@H](C)Oc1cc(C(=O)N[C@@H](CCC(=O)OCC)C(=O)N2CCN(C(=O)OCC)CC2)nc2cc(C)ccc12. The molecule has 2 saturated heterocycles. The summed E-state index contributed by atoms with van der Waals surface area (Å²) in [7, 11) is 0. The van der Waals surface area contributed by atoms with Crippen molar-refractivity contribution in [2.24, 2.45) is 0 Å². The Morgan fingerprint density at radius 3 is 2.31 bits per heavy atom. The fourth-order valence-corrected chi connectivity index (χ4v) is 6.19. The van der Waals surface area contributed by atoms with Gasteiger partial charge in [0.05, 0.1) is 18.7 Å². The van der Waals surface area contributed by atoms with E-state index in [0.29, 0.717) is 36.8 Å². The first-order chi connectivity index (χ1) is 24.5. The first kappa shape index (κ1) is 38.8. The third-order valence-corrected chi connectivity index (χ3v) is 8.86. The number of esters is 1. The molecule has 0 radical (unpaired) electrons. The average Bonchev–Trinajstić information content (AvgIpc) is 3.62. The van der Waals surface area contributed by atoms with Crippen molar-refractivity contribution in [3.8, 4) is 5.75 Å². The van der Waals surface area contributed by atoms with Crippen molar-refractivity contribution in [3.05, 3.63) is 35.5 Å². The van der Waals surface area contributed by atoms with Crippen molar-refractivity contribution in [3.63, 3.8) is 0 Å². The largest absolute Gasteiger partial charge is 0.480 e. The van der Waals surface area contributed by atoms with E-state index >= 15 is 0 Å². The van der Waals surface area contributed by atoms with E-state index in [1.807, 2.05) is 19.9 Å². The van der Waals surface area contributed by atoms with Gasteiger partial charge in [-0.3, -0.25) is 24.0 Å². The van der Waals surface area contributed by atoms with Crippen molar-refractivity contribution >= 4 is 46.6 Å². The van der Waals surface area contributed by atoms with Gasteiger partial charge in [0.15, 0.2) is 6.10 Å². The van der Waals surface area contributed by atoms with Crippen LogP contribution in [0.3, 0.4) is 0 Å². The monoisotopic (exact) mass is 710 g/mol. The minimum absolute atomic E-state index is 0.0219. The van der Waals surface area contributed by atoms with Crippen LogP contribution in [-0.4, -0.2) is 126 Å². The van der Waals surface area contributed by atoms with Gasteiger partial charge in [0, 0.05) is 57.1 Å². The van der Waals surface area contributed by atoms with E-state index in [9.17, 15) is 28.8 Å². The number of carbonyl (C=O) groups excluding carboxylic acids is 6. The molecule has 2 fully saturated rings. The number of piperazine rings is 1. The molecule has 3 heterocycles. The molecule has 2 N–H and O–H groups in total. The number of ether oxygens (including phenoxy) is 3. The average molecular weight is 711 g/mol. The highest BCUT2D eigenvalue weighted by Crippen LogP contribution is 2.29. The predicted octanol–water partition coefficient (Wildman–Crippen LogP) is 2.57.